The Bertz CT molecular complexity index is 605. The molecule has 0 spiro atoms. The van der Waals surface area contributed by atoms with Crippen LogP contribution in [0.3, 0.4) is 0 Å². The molecule has 2 heterocycles. The first-order chi connectivity index (χ1) is 9.20. The van der Waals surface area contributed by atoms with E-state index in [9.17, 15) is 4.79 Å². The third kappa shape index (κ3) is 2.18. The third-order valence-corrected chi connectivity index (χ3v) is 5.27. The number of ether oxygens (including phenoxy) is 1. The minimum absolute atomic E-state index is 0.226. The fourth-order valence-corrected chi connectivity index (χ4v) is 4.29. The number of carbonyl (C=O) groups is 1. The monoisotopic (exact) mass is 277 g/mol. The molecule has 0 amide bonds. The smallest absolute Gasteiger partial charge is 0.348 e. The first kappa shape index (κ1) is 12.7. The SMILES string of the molecule is COC(=O)c1cc2c(s1)c(C1CCCCC1)cn2C. The summed E-state index contributed by atoms with van der Waals surface area (Å²) in [7, 11) is 3.50. The zero-order chi connectivity index (χ0) is 13.4. The highest BCUT2D eigenvalue weighted by molar-refractivity contribution is 7.21. The van der Waals surface area contributed by atoms with E-state index in [0.717, 1.165) is 5.52 Å². The van der Waals surface area contributed by atoms with Gasteiger partial charge >= 0.3 is 5.97 Å². The Hall–Kier alpha value is -1.29. The lowest BCUT2D eigenvalue weighted by Gasteiger charge is -2.20. The lowest BCUT2D eigenvalue weighted by atomic mass is 9.85. The Balaban J connectivity index is 2.04. The third-order valence-electron chi connectivity index (χ3n) is 4.12. The van der Waals surface area contributed by atoms with Crippen molar-refractivity contribution in [2.75, 3.05) is 7.11 Å². The van der Waals surface area contributed by atoms with Gasteiger partial charge in [0.2, 0.25) is 0 Å². The Morgan fingerprint density at radius 3 is 2.79 bits per heavy atom. The molecule has 3 nitrogen and oxygen atoms in total. The molecule has 2 aromatic rings. The lowest BCUT2D eigenvalue weighted by Crippen LogP contribution is -2.03. The van der Waals surface area contributed by atoms with Gasteiger partial charge in [0.15, 0.2) is 0 Å². The number of carbonyl (C=O) groups excluding carboxylic acids is 1. The van der Waals surface area contributed by atoms with Crippen molar-refractivity contribution in [3.63, 3.8) is 0 Å². The second kappa shape index (κ2) is 5.00. The number of aromatic nitrogens is 1. The van der Waals surface area contributed by atoms with Crippen molar-refractivity contribution in [2.45, 2.75) is 38.0 Å². The number of rotatable bonds is 2. The molecule has 0 N–H and O–H groups in total. The summed E-state index contributed by atoms with van der Waals surface area (Å²) in [5, 5.41) is 0. The van der Waals surface area contributed by atoms with Gasteiger partial charge in [-0.2, -0.15) is 0 Å². The largest absolute Gasteiger partial charge is 0.465 e. The second-order valence-electron chi connectivity index (χ2n) is 5.35. The molecular formula is C15H19NO2S. The van der Waals surface area contributed by atoms with Gasteiger partial charge in [0, 0.05) is 13.2 Å². The van der Waals surface area contributed by atoms with E-state index in [4.69, 9.17) is 4.74 Å². The van der Waals surface area contributed by atoms with E-state index in [1.807, 2.05) is 6.07 Å². The maximum Gasteiger partial charge on any atom is 0.348 e. The van der Waals surface area contributed by atoms with Crippen molar-refractivity contribution < 1.29 is 9.53 Å². The first-order valence-corrected chi connectivity index (χ1v) is 7.69. The van der Waals surface area contributed by atoms with Crippen LogP contribution < -0.4 is 0 Å². The fourth-order valence-electron chi connectivity index (χ4n) is 3.09. The summed E-state index contributed by atoms with van der Waals surface area (Å²) >= 11 is 1.58. The number of fused-ring (bicyclic) bond motifs is 1. The minimum atomic E-state index is -0.226. The van der Waals surface area contributed by atoms with Gasteiger partial charge in [-0.1, -0.05) is 19.3 Å². The highest BCUT2D eigenvalue weighted by atomic mass is 32.1. The van der Waals surface area contributed by atoms with Crippen LogP contribution in [-0.2, 0) is 11.8 Å². The van der Waals surface area contributed by atoms with Crippen LogP contribution in [0.1, 0.15) is 53.3 Å². The lowest BCUT2D eigenvalue weighted by molar-refractivity contribution is 0.0606. The van der Waals surface area contributed by atoms with Gasteiger partial charge in [-0.25, -0.2) is 4.79 Å². The molecule has 4 heteroatoms. The molecule has 3 rings (SSSR count). The molecule has 0 radical (unpaired) electrons. The van der Waals surface area contributed by atoms with Crippen molar-refractivity contribution in [3.8, 4) is 0 Å². The average molecular weight is 277 g/mol. The highest BCUT2D eigenvalue weighted by Gasteiger charge is 2.22. The normalized spacial score (nSPS) is 16.9. The maximum atomic E-state index is 11.7. The molecule has 102 valence electrons. The number of methoxy groups -OCH3 is 1. The van der Waals surface area contributed by atoms with E-state index >= 15 is 0 Å². The molecule has 0 bridgehead atoms. The number of hydrogen-bond donors (Lipinski definition) is 0. The van der Waals surface area contributed by atoms with Crippen molar-refractivity contribution in [3.05, 3.63) is 22.7 Å². The van der Waals surface area contributed by atoms with Crippen LogP contribution in [0.2, 0.25) is 0 Å². The molecule has 1 aliphatic rings. The highest BCUT2D eigenvalue weighted by Crippen LogP contribution is 2.40. The quantitative estimate of drug-likeness (QED) is 0.775. The predicted molar refractivity (Wildman–Crippen MR) is 78.0 cm³/mol. The van der Waals surface area contributed by atoms with E-state index in [1.54, 1.807) is 11.3 Å². The summed E-state index contributed by atoms with van der Waals surface area (Å²) in [5.74, 6) is 0.442. The van der Waals surface area contributed by atoms with Crippen LogP contribution in [0.5, 0.6) is 0 Å². The van der Waals surface area contributed by atoms with Crippen LogP contribution >= 0.6 is 11.3 Å². The van der Waals surface area contributed by atoms with E-state index < -0.39 is 0 Å². The first-order valence-electron chi connectivity index (χ1n) is 6.87. The topological polar surface area (TPSA) is 31.2 Å². The van der Waals surface area contributed by atoms with Crippen LogP contribution in [0.15, 0.2) is 12.3 Å². The van der Waals surface area contributed by atoms with E-state index in [2.05, 4.69) is 17.8 Å². The molecule has 1 fully saturated rings. The molecule has 2 aromatic heterocycles. The Morgan fingerprint density at radius 1 is 1.37 bits per heavy atom. The van der Waals surface area contributed by atoms with Gasteiger partial charge in [-0.3, -0.25) is 0 Å². The predicted octanol–water partition coefficient (Wildman–Crippen LogP) is 4.07. The van der Waals surface area contributed by atoms with Gasteiger partial charge in [0.1, 0.15) is 4.88 Å². The molecule has 0 saturated heterocycles. The molecule has 0 aromatic carbocycles. The van der Waals surface area contributed by atoms with Crippen molar-refractivity contribution >= 4 is 27.5 Å². The molecule has 19 heavy (non-hydrogen) atoms. The summed E-state index contributed by atoms with van der Waals surface area (Å²) < 4.78 is 8.24. The standard InChI is InChI=1S/C15H19NO2S/c1-16-9-11(10-6-4-3-5-7-10)14-12(16)8-13(19-14)15(17)18-2/h8-10H,3-7H2,1-2H3. The van der Waals surface area contributed by atoms with Crippen molar-refractivity contribution in [1.82, 2.24) is 4.57 Å². The number of nitrogens with zero attached hydrogens (tertiary/aromatic N) is 1. The molecule has 1 aliphatic carbocycles. The van der Waals surface area contributed by atoms with Gasteiger partial charge in [0.25, 0.3) is 0 Å². The van der Waals surface area contributed by atoms with E-state index in [1.165, 1.54) is 49.5 Å². The maximum absolute atomic E-state index is 11.7. The van der Waals surface area contributed by atoms with E-state index in [-0.39, 0.29) is 5.97 Å². The summed E-state index contributed by atoms with van der Waals surface area (Å²) in [6.07, 6.45) is 8.84. The molecule has 0 unspecified atom stereocenters. The summed E-state index contributed by atoms with van der Waals surface area (Å²) in [5.41, 5.74) is 2.59. The van der Waals surface area contributed by atoms with Gasteiger partial charge in [-0.15, -0.1) is 11.3 Å². The number of esters is 1. The number of aryl methyl sites for hydroxylation is 1. The fraction of sp³-hybridized carbons (Fsp3) is 0.533. The Labute approximate surface area is 117 Å². The van der Waals surface area contributed by atoms with Gasteiger partial charge in [-0.05, 0) is 30.4 Å². The molecule has 0 aliphatic heterocycles. The van der Waals surface area contributed by atoms with Gasteiger partial charge < -0.3 is 9.30 Å². The summed E-state index contributed by atoms with van der Waals surface area (Å²) in [6.45, 7) is 0. The molecular weight excluding hydrogens is 258 g/mol. The van der Waals surface area contributed by atoms with Crippen LogP contribution in [0, 0.1) is 0 Å². The average Bonchev–Trinajstić information content (AvgIpc) is 3.00. The number of hydrogen-bond acceptors (Lipinski definition) is 3. The Kier molecular flexibility index (Phi) is 3.35. The van der Waals surface area contributed by atoms with Gasteiger partial charge in [0.05, 0.1) is 17.3 Å². The van der Waals surface area contributed by atoms with Crippen molar-refractivity contribution in [1.29, 1.82) is 0 Å². The van der Waals surface area contributed by atoms with Crippen LogP contribution in [-0.4, -0.2) is 17.6 Å². The number of thiophene rings is 1. The van der Waals surface area contributed by atoms with Crippen LogP contribution in [0.4, 0.5) is 0 Å². The Morgan fingerprint density at radius 2 is 2.11 bits per heavy atom. The second-order valence-corrected chi connectivity index (χ2v) is 6.40. The van der Waals surface area contributed by atoms with E-state index in [0.29, 0.717) is 10.8 Å². The zero-order valence-corrected chi connectivity index (χ0v) is 12.3. The zero-order valence-electron chi connectivity index (χ0n) is 11.4. The van der Waals surface area contributed by atoms with Crippen LogP contribution in [0.25, 0.3) is 10.2 Å². The minimum Gasteiger partial charge on any atom is -0.465 e. The molecule has 0 atom stereocenters. The summed E-state index contributed by atoms with van der Waals surface area (Å²) in [6, 6.07) is 1.96. The van der Waals surface area contributed by atoms with Crippen molar-refractivity contribution in [2.24, 2.45) is 7.05 Å². The summed E-state index contributed by atoms with van der Waals surface area (Å²) in [4.78, 5) is 12.4. The molecule has 1 saturated carbocycles.